The lowest BCUT2D eigenvalue weighted by atomic mass is 10.2. The number of non-ortho nitro benzene ring substituents is 1. The van der Waals surface area contributed by atoms with Crippen LogP contribution in [-0.4, -0.2) is 20.9 Å². The number of aromatic nitrogens is 1. The number of aromatic amines is 1. The summed E-state index contributed by atoms with van der Waals surface area (Å²) in [6, 6.07) is 19.6. The van der Waals surface area contributed by atoms with E-state index in [0.717, 1.165) is 5.56 Å². The lowest BCUT2D eigenvalue weighted by Gasteiger charge is -2.06. The number of nitrogens with zero attached hydrogens (tertiary/aromatic N) is 3. The summed E-state index contributed by atoms with van der Waals surface area (Å²) in [5.41, 5.74) is 1.99. The minimum Gasteiger partial charge on any atom is -0.493 e. The molecule has 3 aromatic carbocycles. The minimum absolute atomic E-state index is 0.0155. The summed E-state index contributed by atoms with van der Waals surface area (Å²) < 4.78 is 5.64. The molecule has 0 unspecified atom stereocenters. The maximum absolute atomic E-state index is 12.3. The van der Waals surface area contributed by atoms with Crippen molar-refractivity contribution in [2.75, 3.05) is 0 Å². The molecule has 0 bridgehead atoms. The first kappa shape index (κ1) is 19.8. The normalized spacial score (nSPS) is 11.1. The van der Waals surface area contributed by atoms with Crippen molar-refractivity contribution in [1.82, 2.24) is 4.98 Å². The number of hydrogen-bond acceptors (Lipinski definition) is 6. The summed E-state index contributed by atoms with van der Waals surface area (Å²) in [6.07, 6.45) is 0. The second-order valence-corrected chi connectivity index (χ2v) is 6.61. The second kappa shape index (κ2) is 8.46. The Kier molecular flexibility index (Phi) is 5.39. The summed E-state index contributed by atoms with van der Waals surface area (Å²) in [7, 11) is 0. The first-order valence-electron chi connectivity index (χ1n) is 9.23. The second-order valence-electron chi connectivity index (χ2n) is 6.61. The van der Waals surface area contributed by atoms with Gasteiger partial charge in [0.15, 0.2) is 5.69 Å². The molecule has 0 radical (unpaired) electrons. The fourth-order valence-electron chi connectivity index (χ4n) is 2.94. The zero-order chi connectivity index (χ0) is 21.8. The van der Waals surface area contributed by atoms with E-state index >= 15 is 0 Å². The Morgan fingerprint density at radius 3 is 2.45 bits per heavy atom. The van der Waals surface area contributed by atoms with Crippen molar-refractivity contribution in [3.63, 3.8) is 0 Å². The van der Waals surface area contributed by atoms with Gasteiger partial charge in [-0.05, 0) is 48.0 Å². The first-order chi connectivity index (χ1) is 15.0. The Bertz CT molecular complexity index is 1280. The quantitative estimate of drug-likeness (QED) is 0.251. The molecule has 0 spiro atoms. The van der Waals surface area contributed by atoms with E-state index in [9.17, 15) is 20.0 Å². The average Bonchev–Trinajstić information content (AvgIpc) is 3.11. The van der Waals surface area contributed by atoms with Crippen LogP contribution >= 0.6 is 0 Å². The number of azo groups is 1. The molecule has 1 aromatic heterocycles. The van der Waals surface area contributed by atoms with E-state index in [0.29, 0.717) is 22.2 Å². The zero-order valence-corrected chi connectivity index (χ0v) is 16.1. The number of H-pyrrole nitrogens is 1. The Balaban J connectivity index is 1.40. The molecule has 0 aliphatic heterocycles. The van der Waals surface area contributed by atoms with Gasteiger partial charge in [-0.25, -0.2) is 0 Å². The van der Waals surface area contributed by atoms with Crippen LogP contribution in [0.1, 0.15) is 15.9 Å². The van der Waals surface area contributed by atoms with Gasteiger partial charge >= 0.3 is 0 Å². The Morgan fingerprint density at radius 1 is 1.03 bits per heavy atom. The van der Waals surface area contributed by atoms with Crippen molar-refractivity contribution in [3.8, 4) is 11.6 Å². The van der Waals surface area contributed by atoms with Crippen LogP contribution in [0.3, 0.4) is 0 Å². The molecule has 1 amide bonds. The van der Waals surface area contributed by atoms with Crippen molar-refractivity contribution in [2.24, 2.45) is 10.2 Å². The fraction of sp³-hybridized carbons (Fsp3) is 0.0455. The van der Waals surface area contributed by atoms with E-state index in [1.165, 1.54) is 12.1 Å². The number of para-hydroxylation sites is 1. The molecule has 9 nitrogen and oxygen atoms in total. The number of nitro groups is 1. The van der Waals surface area contributed by atoms with Crippen LogP contribution in [-0.2, 0) is 6.61 Å². The van der Waals surface area contributed by atoms with E-state index in [-0.39, 0.29) is 23.9 Å². The molecule has 31 heavy (non-hydrogen) atoms. The highest BCUT2D eigenvalue weighted by atomic mass is 16.6. The number of carbonyl (C=O) groups excluding carboxylic acids is 1. The molecule has 1 heterocycles. The molecular formula is C22H16N4O5. The number of fused-ring (bicyclic) bond motifs is 1. The molecule has 0 atom stereocenters. The van der Waals surface area contributed by atoms with E-state index in [4.69, 9.17) is 4.74 Å². The van der Waals surface area contributed by atoms with Crippen LogP contribution in [0.4, 0.5) is 11.4 Å². The molecule has 4 rings (SSSR count). The molecule has 0 aliphatic carbocycles. The van der Waals surface area contributed by atoms with Gasteiger partial charge in [0, 0.05) is 23.1 Å². The third-order valence-electron chi connectivity index (χ3n) is 4.55. The van der Waals surface area contributed by atoms with Crippen LogP contribution in [0.15, 0.2) is 83.0 Å². The van der Waals surface area contributed by atoms with Crippen LogP contribution in [0.2, 0.25) is 0 Å². The van der Waals surface area contributed by atoms with Gasteiger partial charge in [0.2, 0.25) is 5.88 Å². The van der Waals surface area contributed by atoms with Gasteiger partial charge in [0.1, 0.15) is 12.4 Å². The predicted octanol–water partition coefficient (Wildman–Crippen LogP) is 5.28. The molecule has 154 valence electrons. The molecular weight excluding hydrogens is 400 g/mol. The SMILES string of the molecule is O=C(N=Nc1c(O)[nH]c2ccccc12)c1ccc(OCc2ccc([N+](=O)[O-])cc2)cc1. The summed E-state index contributed by atoms with van der Waals surface area (Å²) >= 11 is 0. The Labute approximate surface area is 175 Å². The smallest absolute Gasteiger partial charge is 0.295 e. The summed E-state index contributed by atoms with van der Waals surface area (Å²) in [5.74, 6) is -0.194. The van der Waals surface area contributed by atoms with Gasteiger partial charge in [0.05, 0.1) is 10.4 Å². The fourth-order valence-corrected chi connectivity index (χ4v) is 2.94. The van der Waals surface area contributed by atoms with Gasteiger partial charge in [-0.3, -0.25) is 14.9 Å². The first-order valence-corrected chi connectivity index (χ1v) is 9.23. The highest BCUT2D eigenvalue weighted by Gasteiger charge is 2.11. The largest absolute Gasteiger partial charge is 0.493 e. The van der Waals surface area contributed by atoms with Crippen molar-refractivity contribution in [1.29, 1.82) is 0 Å². The van der Waals surface area contributed by atoms with Crippen molar-refractivity contribution in [2.45, 2.75) is 6.61 Å². The van der Waals surface area contributed by atoms with Gasteiger partial charge in [-0.2, -0.15) is 0 Å². The van der Waals surface area contributed by atoms with E-state index in [2.05, 4.69) is 15.2 Å². The van der Waals surface area contributed by atoms with Crippen molar-refractivity contribution < 1.29 is 19.6 Å². The topological polar surface area (TPSA) is 130 Å². The number of benzene rings is 3. The van der Waals surface area contributed by atoms with Crippen molar-refractivity contribution >= 4 is 28.2 Å². The van der Waals surface area contributed by atoms with Crippen LogP contribution in [0.25, 0.3) is 10.9 Å². The van der Waals surface area contributed by atoms with Crippen molar-refractivity contribution in [3.05, 3.63) is 94.0 Å². The van der Waals surface area contributed by atoms with Crippen LogP contribution < -0.4 is 4.74 Å². The Hall–Kier alpha value is -4.53. The average molecular weight is 416 g/mol. The number of aromatic hydroxyl groups is 1. The van der Waals surface area contributed by atoms with E-state index in [1.54, 1.807) is 54.6 Å². The number of nitrogens with one attached hydrogen (secondary N) is 1. The summed E-state index contributed by atoms with van der Waals surface area (Å²) in [5, 5.41) is 28.9. The number of amides is 1. The lowest BCUT2D eigenvalue weighted by Crippen LogP contribution is -1.97. The maximum atomic E-state index is 12.3. The number of nitro benzene ring substituents is 1. The van der Waals surface area contributed by atoms with Crippen LogP contribution in [0, 0.1) is 10.1 Å². The molecule has 4 aromatic rings. The standard InChI is InChI=1S/C22H16N4O5/c27-21(25-24-20-18-3-1-2-4-19(18)23-22(20)28)15-7-11-17(12-8-15)31-13-14-5-9-16(10-6-14)26(29)30/h1-12,23,28H,13H2. The number of rotatable bonds is 6. The zero-order valence-electron chi connectivity index (χ0n) is 16.1. The maximum Gasteiger partial charge on any atom is 0.295 e. The van der Waals surface area contributed by atoms with E-state index < -0.39 is 10.8 Å². The third kappa shape index (κ3) is 4.40. The molecule has 2 N–H and O–H groups in total. The molecule has 0 saturated heterocycles. The molecule has 0 saturated carbocycles. The summed E-state index contributed by atoms with van der Waals surface area (Å²) in [4.78, 5) is 25.3. The molecule has 0 aliphatic rings. The highest BCUT2D eigenvalue weighted by molar-refractivity contribution is 5.97. The third-order valence-corrected chi connectivity index (χ3v) is 4.55. The molecule has 9 heteroatoms. The molecule has 0 fully saturated rings. The van der Waals surface area contributed by atoms with Gasteiger partial charge in [-0.15, -0.1) is 10.2 Å². The predicted molar refractivity (Wildman–Crippen MR) is 113 cm³/mol. The minimum atomic E-state index is -0.563. The number of hydrogen-bond donors (Lipinski definition) is 2. The van der Waals surface area contributed by atoms with Gasteiger partial charge in [0.25, 0.3) is 11.6 Å². The monoisotopic (exact) mass is 416 g/mol. The van der Waals surface area contributed by atoms with E-state index in [1.807, 2.05) is 6.07 Å². The van der Waals surface area contributed by atoms with Gasteiger partial charge in [-0.1, -0.05) is 18.2 Å². The Morgan fingerprint density at radius 2 is 1.74 bits per heavy atom. The lowest BCUT2D eigenvalue weighted by molar-refractivity contribution is -0.384. The summed E-state index contributed by atoms with van der Waals surface area (Å²) in [6.45, 7) is 0.227. The van der Waals surface area contributed by atoms with Gasteiger partial charge < -0.3 is 14.8 Å². The number of carbonyl (C=O) groups is 1. The van der Waals surface area contributed by atoms with Crippen LogP contribution in [0.5, 0.6) is 11.6 Å². The number of ether oxygens (including phenoxy) is 1. The highest BCUT2D eigenvalue weighted by Crippen LogP contribution is 2.35.